The van der Waals surface area contributed by atoms with Gasteiger partial charge in [-0.05, 0) is 62.6 Å². The molecule has 29 heteroatoms. The monoisotopic (exact) mass is 1160 g/mol. The molecule has 0 bridgehead atoms. The smallest absolute Gasteiger partial charge is 0.248 e. The van der Waals surface area contributed by atoms with E-state index in [0.717, 1.165) is 4.90 Å². The first kappa shape index (κ1) is 64.8. The van der Waals surface area contributed by atoms with Crippen LogP contribution in [0.2, 0.25) is 0 Å². The van der Waals surface area contributed by atoms with Gasteiger partial charge in [0, 0.05) is 42.9 Å². The van der Waals surface area contributed by atoms with Gasteiger partial charge in [0.15, 0.2) is 0 Å². The molecule has 2 aliphatic rings. The molecule has 0 spiro atoms. The molecular formula is C54H74N14O15. The molecule has 11 atom stereocenters. The second kappa shape index (κ2) is 30.2. The molecule has 0 aliphatic carbocycles. The van der Waals surface area contributed by atoms with E-state index in [2.05, 4.69) is 52.8 Å². The van der Waals surface area contributed by atoms with Crippen molar-refractivity contribution in [2.45, 2.75) is 152 Å². The molecule has 0 unspecified atom stereocenters. The molecule has 2 aliphatic heterocycles. The van der Waals surface area contributed by atoms with Gasteiger partial charge in [0.2, 0.25) is 76.8 Å². The Morgan fingerprint density at radius 2 is 1.18 bits per heavy atom. The lowest BCUT2D eigenvalue weighted by atomic mass is 10.0. The van der Waals surface area contributed by atoms with E-state index < -0.39 is 157 Å². The van der Waals surface area contributed by atoms with Crippen molar-refractivity contribution < 1.29 is 72.5 Å². The highest BCUT2D eigenvalue weighted by Crippen LogP contribution is 2.22. The van der Waals surface area contributed by atoms with Crippen LogP contribution >= 0.6 is 0 Å². The number of para-hydroxylation sites is 1. The van der Waals surface area contributed by atoms with Gasteiger partial charge in [-0.2, -0.15) is 0 Å². The maximum Gasteiger partial charge on any atom is 0.248 e. The Morgan fingerprint density at radius 1 is 0.627 bits per heavy atom. The minimum absolute atomic E-state index is 0.0131. The molecule has 29 nitrogen and oxygen atoms in total. The number of carbonyl (C=O) groups excluding carboxylic acids is 13. The van der Waals surface area contributed by atoms with Crippen LogP contribution in [0.15, 0.2) is 60.8 Å². The summed E-state index contributed by atoms with van der Waals surface area (Å²) in [5.74, 6) is -12.2. The minimum Gasteiger partial charge on any atom is -0.391 e. The molecule has 3 heterocycles. The third kappa shape index (κ3) is 19.1. The van der Waals surface area contributed by atoms with Crippen molar-refractivity contribution in [3.05, 3.63) is 71.9 Å². The average molecular weight is 1160 g/mol. The predicted molar refractivity (Wildman–Crippen MR) is 294 cm³/mol. The summed E-state index contributed by atoms with van der Waals surface area (Å²) < 4.78 is 0. The average Bonchev–Trinajstić information content (AvgIpc) is 4.35. The van der Waals surface area contributed by atoms with E-state index >= 15 is 0 Å². The molecule has 3 aromatic rings. The zero-order valence-electron chi connectivity index (χ0n) is 46.4. The van der Waals surface area contributed by atoms with Crippen LogP contribution in [0.1, 0.15) is 83.8 Å². The highest BCUT2D eigenvalue weighted by Gasteiger charge is 2.42. The van der Waals surface area contributed by atoms with Crippen LogP contribution in [0, 0.1) is 5.92 Å². The lowest BCUT2D eigenvalue weighted by molar-refractivity contribution is -0.145. The van der Waals surface area contributed by atoms with E-state index in [1.165, 1.54) is 13.8 Å². The lowest BCUT2D eigenvalue weighted by Crippen LogP contribution is -2.62. The molecule has 0 saturated carbocycles. The second-order valence-electron chi connectivity index (χ2n) is 21.0. The number of H-pyrrole nitrogens is 1. The zero-order valence-corrected chi connectivity index (χ0v) is 46.4. The van der Waals surface area contributed by atoms with Crippen molar-refractivity contribution in [1.29, 1.82) is 0 Å². The number of aromatic amines is 1. The van der Waals surface area contributed by atoms with Crippen molar-refractivity contribution in [3.63, 3.8) is 0 Å². The van der Waals surface area contributed by atoms with Crippen LogP contribution in [0.3, 0.4) is 0 Å². The Bertz CT molecular complexity index is 2900. The fourth-order valence-corrected chi connectivity index (χ4v) is 9.55. The summed E-state index contributed by atoms with van der Waals surface area (Å²) in [4.78, 5) is 177. The molecule has 1 aromatic heterocycles. The number of nitrogens with two attached hydrogens (primary N) is 3. The van der Waals surface area contributed by atoms with Gasteiger partial charge in [0.05, 0.1) is 31.6 Å². The number of hydrogen-bond donors (Lipinski definition) is 15. The Labute approximate surface area is 476 Å². The van der Waals surface area contributed by atoms with Crippen LogP contribution < -0.4 is 65.1 Å². The number of aliphatic hydroxyl groups is 2. The quantitative estimate of drug-likeness (QED) is 0.0297. The minimum atomic E-state index is -1.79. The van der Waals surface area contributed by atoms with E-state index in [9.17, 15) is 72.5 Å². The van der Waals surface area contributed by atoms with Gasteiger partial charge in [0.25, 0.3) is 0 Å². The fourth-order valence-electron chi connectivity index (χ4n) is 9.55. The third-order valence-corrected chi connectivity index (χ3v) is 13.8. The molecule has 2 fully saturated rings. The second-order valence-corrected chi connectivity index (χ2v) is 21.0. The number of aromatic nitrogens is 1. The Balaban J connectivity index is 1.33. The molecule has 450 valence electrons. The summed E-state index contributed by atoms with van der Waals surface area (Å²) in [6.07, 6.45) is -2.91. The Kier molecular flexibility index (Phi) is 23.6. The number of amides is 13. The molecule has 5 rings (SSSR count). The van der Waals surface area contributed by atoms with Crippen molar-refractivity contribution in [1.82, 2.24) is 57.7 Å². The van der Waals surface area contributed by atoms with E-state index in [-0.39, 0.29) is 63.3 Å². The number of hydrogen-bond acceptors (Lipinski definition) is 15. The first-order valence-electron chi connectivity index (χ1n) is 27.0. The molecule has 0 radical (unpaired) electrons. The Hall–Kier alpha value is -8.99. The van der Waals surface area contributed by atoms with E-state index in [4.69, 9.17) is 17.2 Å². The molecular weight excluding hydrogens is 1080 g/mol. The molecule has 2 aromatic carbocycles. The van der Waals surface area contributed by atoms with Gasteiger partial charge < -0.3 is 85.1 Å². The van der Waals surface area contributed by atoms with Gasteiger partial charge in [-0.3, -0.25) is 62.3 Å². The summed E-state index contributed by atoms with van der Waals surface area (Å²) in [7, 11) is 0. The number of fused-ring (bicyclic) bond motifs is 1. The topological polar surface area (TPSA) is 468 Å². The number of likely N-dealkylation sites (tertiary alicyclic amines) is 1. The van der Waals surface area contributed by atoms with Gasteiger partial charge in [0.1, 0.15) is 54.4 Å². The zero-order chi connectivity index (χ0) is 61.2. The lowest BCUT2D eigenvalue weighted by Gasteiger charge is -2.32. The van der Waals surface area contributed by atoms with Gasteiger partial charge in [-0.15, -0.1) is 0 Å². The predicted octanol–water partition coefficient (Wildman–Crippen LogP) is -5.22. The van der Waals surface area contributed by atoms with Crippen LogP contribution in [-0.4, -0.2) is 177 Å². The summed E-state index contributed by atoms with van der Waals surface area (Å²) >= 11 is 0. The van der Waals surface area contributed by atoms with Crippen LogP contribution in [0.4, 0.5) is 0 Å². The van der Waals surface area contributed by atoms with Crippen molar-refractivity contribution in [2.75, 3.05) is 13.1 Å². The summed E-state index contributed by atoms with van der Waals surface area (Å²) in [6, 6.07) is 1.91. The van der Waals surface area contributed by atoms with Crippen LogP contribution in [-0.2, 0) is 75.2 Å². The van der Waals surface area contributed by atoms with Crippen molar-refractivity contribution in [3.8, 4) is 0 Å². The maximum atomic E-state index is 14.5. The molecule has 13 amide bonds. The normalized spacial score (nSPS) is 18.1. The third-order valence-electron chi connectivity index (χ3n) is 13.8. The number of benzene rings is 2. The number of primary amides is 3. The standard InChI is InChI=1S/C54H74N14O15/c1-26(2)19-34(61-48(77)33-16-17-42(73)60-33)49(78)64-37(22-40(55)71)50(79)62-35(20-29-11-6-5-7-12-29)52(81)67-45(28(4)70)54(83)68-18-10-15-39(68)53(82)65-38(23-41(56)72)51(80)63-36(21-30-24-58-32-14-9-8-13-31(30)32)47(76)59-25-43(74)66-44(27(3)69)46(57)75/h5-9,11-14,24,26-28,33-39,44-45,58,69-70H,10,15-23,25H2,1-4H3,(H2,55,71)(H2,56,72)(H2,57,75)(H,59,76)(H,60,73)(H,61,77)(H,62,79)(H,63,80)(H,64,78)(H,65,82)(H,66,74)(H,67,81)/t27-,28-,33+,34+,35+,36+,37+,38+,39+,44+,45+/m1/s1. The van der Waals surface area contributed by atoms with Crippen LogP contribution in [0.5, 0.6) is 0 Å². The maximum absolute atomic E-state index is 14.5. The first-order valence-corrected chi connectivity index (χ1v) is 27.0. The highest BCUT2D eigenvalue weighted by molar-refractivity contribution is 6.01. The van der Waals surface area contributed by atoms with Crippen molar-refractivity contribution in [2.24, 2.45) is 23.1 Å². The van der Waals surface area contributed by atoms with Crippen molar-refractivity contribution >= 4 is 87.7 Å². The number of rotatable bonds is 30. The molecule has 83 heavy (non-hydrogen) atoms. The first-order chi connectivity index (χ1) is 39.2. The largest absolute Gasteiger partial charge is 0.391 e. The molecule has 18 N–H and O–H groups in total. The van der Waals surface area contributed by atoms with Crippen LogP contribution in [0.25, 0.3) is 10.9 Å². The van der Waals surface area contributed by atoms with Gasteiger partial charge in [-0.1, -0.05) is 62.4 Å². The van der Waals surface area contributed by atoms with E-state index in [1.807, 2.05) is 0 Å². The van der Waals surface area contributed by atoms with Gasteiger partial charge in [-0.25, -0.2) is 0 Å². The van der Waals surface area contributed by atoms with E-state index in [1.54, 1.807) is 74.6 Å². The number of aliphatic hydroxyl groups excluding tert-OH is 2. The highest BCUT2D eigenvalue weighted by atomic mass is 16.3. The number of nitrogens with one attached hydrogen (secondary N) is 10. The molecule has 2 saturated heterocycles. The summed E-state index contributed by atoms with van der Waals surface area (Å²) in [5.41, 5.74) is 18.0. The summed E-state index contributed by atoms with van der Waals surface area (Å²) in [5, 5.41) is 43.7. The Morgan fingerprint density at radius 3 is 1.76 bits per heavy atom. The van der Waals surface area contributed by atoms with Gasteiger partial charge >= 0.3 is 0 Å². The fraction of sp³-hybridized carbons (Fsp3) is 0.500. The number of carbonyl (C=O) groups is 13. The SMILES string of the molecule is CC(C)C[C@H](NC(=O)[C@@H]1CCC(=O)N1)C(=O)N[C@@H](CC(N)=O)C(=O)N[C@@H](Cc1ccccc1)C(=O)N[C@H](C(=O)N1CCC[C@H]1C(=O)N[C@@H](CC(N)=O)C(=O)N[C@@H](Cc1c[nH]c2ccccc12)C(=O)NCC(=O)N[C@H](C(N)=O)[C@@H](C)O)[C@@H](C)O. The van der Waals surface area contributed by atoms with E-state index in [0.29, 0.717) is 22.0 Å². The number of nitrogens with zero attached hydrogens (tertiary/aromatic N) is 1. The summed E-state index contributed by atoms with van der Waals surface area (Å²) in [6.45, 7) is 5.09.